The van der Waals surface area contributed by atoms with Gasteiger partial charge in [-0.15, -0.1) is 5.10 Å². The zero-order chi connectivity index (χ0) is 14.2. The first-order valence-corrected chi connectivity index (χ1v) is 8.29. The topological polar surface area (TPSA) is 35.0 Å². The molecule has 1 aromatic heterocycles. The highest BCUT2D eigenvalue weighted by molar-refractivity contribution is 5.15. The van der Waals surface area contributed by atoms with E-state index >= 15 is 0 Å². The van der Waals surface area contributed by atoms with E-state index in [4.69, 9.17) is 4.74 Å². The molecule has 1 aliphatic carbocycles. The van der Waals surface area contributed by atoms with Gasteiger partial charge in [0.1, 0.15) is 0 Å². The summed E-state index contributed by atoms with van der Waals surface area (Å²) in [6.07, 6.45) is 10.8. The summed E-state index contributed by atoms with van der Waals surface area (Å²) in [4.78, 5) is 0. The Balaban J connectivity index is 1.78. The molecular weight excluding hydrogens is 248 g/mol. The first-order valence-electron chi connectivity index (χ1n) is 8.29. The molecule has 3 nitrogen and oxygen atoms in total. The molecule has 3 heteroatoms. The van der Waals surface area contributed by atoms with Crippen LogP contribution in [-0.2, 0) is 0 Å². The molecule has 1 aliphatic rings. The van der Waals surface area contributed by atoms with Crippen molar-refractivity contribution in [1.82, 2.24) is 10.2 Å². The fraction of sp³-hybridized carbons (Fsp3) is 0.765. The highest BCUT2D eigenvalue weighted by atomic mass is 16.5. The third kappa shape index (κ3) is 4.46. The molecule has 0 radical (unpaired) electrons. The minimum atomic E-state index is 0.612. The van der Waals surface area contributed by atoms with Crippen molar-refractivity contribution in [2.24, 2.45) is 5.92 Å². The molecule has 0 N–H and O–H groups in total. The third-order valence-corrected chi connectivity index (χ3v) is 4.43. The molecule has 1 fully saturated rings. The van der Waals surface area contributed by atoms with Crippen molar-refractivity contribution in [2.75, 3.05) is 6.61 Å². The van der Waals surface area contributed by atoms with Gasteiger partial charge in [-0.2, -0.15) is 5.10 Å². The predicted molar refractivity (Wildman–Crippen MR) is 82.0 cm³/mol. The van der Waals surface area contributed by atoms with E-state index in [-0.39, 0.29) is 0 Å². The number of rotatable bonds is 7. The summed E-state index contributed by atoms with van der Waals surface area (Å²) in [6, 6.07) is 4.05. The van der Waals surface area contributed by atoms with Crippen molar-refractivity contribution in [3.8, 4) is 5.88 Å². The van der Waals surface area contributed by atoms with Gasteiger partial charge in [0.25, 0.3) is 0 Å². The molecule has 2 rings (SSSR count). The van der Waals surface area contributed by atoms with Crippen LogP contribution in [0.1, 0.15) is 76.8 Å². The van der Waals surface area contributed by atoms with Crippen molar-refractivity contribution in [2.45, 2.75) is 71.1 Å². The van der Waals surface area contributed by atoms with Gasteiger partial charge in [0.15, 0.2) is 0 Å². The molecule has 0 saturated heterocycles. The third-order valence-electron chi connectivity index (χ3n) is 4.43. The fourth-order valence-corrected chi connectivity index (χ4v) is 3.20. The second-order valence-corrected chi connectivity index (χ2v) is 5.94. The van der Waals surface area contributed by atoms with E-state index < -0.39 is 0 Å². The molecule has 0 atom stereocenters. The first kappa shape index (κ1) is 15.3. The number of aromatic nitrogens is 2. The smallest absolute Gasteiger partial charge is 0.233 e. The van der Waals surface area contributed by atoms with Crippen LogP contribution in [0.5, 0.6) is 5.88 Å². The molecule has 0 aliphatic heterocycles. The highest BCUT2D eigenvalue weighted by Gasteiger charge is 2.23. The average molecular weight is 276 g/mol. The number of ether oxygens (including phenoxy) is 1. The van der Waals surface area contributed by atoms with E-state index in [0.29, 0.717) is 18.4 Å². The minimum Gasteiger partial charge on any atom is -0.477 e. The molecule has 1 saturated carbocycles. The van der Waals surface area contributed by atoms with Gasteiger partial charge in [-0.3, -0.25) is 0 Å². The molecule has 112 valence electrons. The summed E-state index contributed by atoms with van der Waals surface area (Å²) in [5.74, 6) is 2.21. The molecular formula is C17H28N2O. The lowest BCUT2D eigenvalue weighted by Gasteiger charge is -2.28. The Morgan fingerprint density at radius 1 is 1.05 bits per heavy atom. The van der Waals surface area contributed by atoms with Crippen molar-refractivity contribution in [1.29, 1.82) is 0 Å². The molecule has 1 heterocycles. The van der Waals surface area contributed by atoms with E-state index in [1.807, 2.05) is 13.0 Å². The fourth-order valence-electron chi connectivity index (χ4n) is 3.20. The molecule has 0 spiro atoms. The largest absolute Gasteiger partial charge is 0.477 e. The zero-order valence-electron chi connectivity index (χ0n) is 13.0. The number of nitrogens with zero attached hydrogens (tertiary/aromatic N) is 2. The van der Waals surface area contributed by atoms with Crippen LogP contribution < -0.4 is 4.74 Å². The Hall–Kier alpha value is -1.12. The number of unbranched alkanes of at least 4 members (excludes halogenated alkanes) is 2. The standard InChI is InChI=1S/C17H28N2O/c1-3-5-6-7-14-8-10-15(11-9-14)16-12-13-17(19-18-16)20-4-2/h12-15H,3-11H2,1-2H3/t14-,15-. The molecule has 20 heavy (non-hydrogen) atoms. The second kappa shape index (κ2) is 8.23. The van der Waals surface area contributed by atoms with E-state index in [1.54, 1.807) is 0 Å². The quantitative estimate of drug-likeness (QED) is 0.675. The lowest BCUT2D eigenvalue weighted by atomic mass is 9.78. The van der Waals surface area contributed by atoms with E-state index in [1.165, 1.54) is 51.4 Å². The minimum absolute atomic E-state index is 0.612. The van der Waals surface area contributed by atoms with Crippen molar-refractivity contribution < 1.29 is 4.74 Å². The van der Waals surface area contributed by atoms with Crippen LogP contribution >= 0.6 is 0 Å². The average Bonchev–Trinajstić information content (AvgIpc) is 2.49. The highest BCUT2D eigenvalue weighted by Crippen LogP contribution is 2.37. The summed E-state index contributed by atoms with van der Waals surface area (Å²) in [7, 11) is 0. The lowest BCUT2D eigenvalue weighted by molar-refractivity contribution is 0.296. The van der Waals surface area contributed by atoms with E-state index in [9.17, 15) is 0 Å². The van der Waals surface area contributed by atoms with Gasteiger partial charge < -0.3 is 4.74 Å². The summed E-state index contributed by atoms with van der Waals surface area (Å²) in [5, 5.41) is 8.50. The van der Waals surface area contributed by atoms with Crippen LogP contribution in [0.15, 0.2) is 12.1 Å². The van der Waals surface area contributed by atoms with Crippen LogP contribution in [-0.4, -0.2) is 16.8 Å². The molecule has 0 unspecified atom stereocenters. The van der Waals surface area contributed by atoms with Crippen molar-refractivity contribution >= 4 is 0 Å². The summed E-state index contributed by atoms with van der Waals surface area (Å²) >= 11 is 0. The zero-order valence-corrected chi connectivity index (χ0v) is 13.0. The molecule has 0 amide bonds. The van der Waals surface area contributed by atoms with Crippen molar-refractivity contribution in [3.63, 3.8) is 0 Å². The SMILES string of the molecule is CCCCC[C@H]1CC[C@H](c2ccc(OCC)nn2)CC1. The Kier molecular flexibility index (Phi) is 6.28. The lowest BCUT2D eigenvalue weighted by Crippen LogP contribution is -2.14. The maximum Gasteiger partial charge on any atom is 0.233 e. The van der Waals surface area contributed by atoms with Gasteiger partial charge in [-0.05, 0) is 44.6 Å². The van der Waals surface area contributed by atoms with Gasteiger partial charge in [-0.25, -0.2) is 0 Å². The molecule has 0 aromatic carbocycles. The Bertz CT molecular complexity index is 369. The maximum absolute atomic E-state index is 5.35. The van der Waals surface area contributed by atoms with Gasteiger partial charge >= 0.3 is 0 Å². The summed E-state index contributed by atoms with van der Waals surface area (Å²) < 4.78 is 5.35. The second-order valence-electron chi connectivity index (χ2n) is 5.94. The van der Waals surface area contributed by atoms with Crippen LogP contribution in [0.25, 0.3) is 0 Å². The predicted octanol–water partition coefficient (Wildman–Crippen LogP) is 4.73. The summed E-state index contributed by atoms with van der Waals surface area (Å²) in [5.41, 5.74) is 1.15. The Labute approximate surface area is 123 Å². The monoisotopic (exact) mass is 276 g/mol. The normalized spacial score (nSPS) is 22.7. The van der Waals surface area contributed by atoms with Crippen molar-refractivity contribution in [3.05, 3.63) is 17.8 Å². The van der Waals surface area contributed by atoms with Crippen LogP contribution in [0.2, 0.25) is 0 Å². The van der Waals surface area contributed by atoms with Crippen LogP contribution in [0.3, 0.4) is 0 Å². The van der Waals surface area contributed by atoms with Gasteiger partial charge in [0, 0.05) is 12.0 Å². The number of hydrogen-bond acceptors (Lipinski definition) is 3. The van der Waals surface area contributed by atoms with Crippen LogP contribution in [0.4, 0.5) is 0 Å². The number of hydrogen-bond donors (Lipinski definition) is 0. The first-order chi connectivity index (χ1) is 9.83. The summed E-state index contributed by atoms with van der Waals surface area (Å²) in [6.45, 7) is 4.90. The van der Waals surface area contributed by atoms with Gasteiger partial charge in [0.05, 0.1) is 12.3 Å². The van der Waals surface area contributed by atoms with Gasteiger partial charge in [0.2, 0.25) is 5.88 Å². The van der Waals surface area contributed by atoms with Gasteiger partial charge in [-0.1, -0.05) is 32.6 Å². The Morgan fingerprint density at radius 2 is 1.85 bits per heavy atom. The molecule has 1 aromatic rings. The van der Waals surface area contributed by atoms with E-state index in [0.717, 1.165) is 11.6 Å². The Morgan fingerprint density at radius 3 is 2.45 bits per heavy atom. The van der Waals surface area contributed by atoms with Crippen LogP contribution in [0, 0.1) is 5.92 Å². The van der Waals surface area contributed by atoms with E-state index in [2.05, 4.69) is 23.2 Å². The maximum atomic E-state index is 5.35. The molecule has 0 bridgehead atoms.